The predicted molar refractivity (Wildman–Crippen MR) is 70.0 cm³/mol. The van der Waals surface area contributed by atoms with Gasteiger partial charge >= 0.3 is 0 Å². The van der Waals surface area contributed by atoms with Gasteiger partial charge in [-0.15, -0.1) is 11.8 Å². The van der Waals surface area contributed by atoms with Crippen LogP contribution in [0.15, 0.2) is 35.5 Å². The van der Waals surface area contributed by atoms with Gasteiger partial charge in [0.15, 0.2) is 0 Å². The topological polar surface area (TPSA) is 25.2 Å². The molecule has 0 saturated carbocycles. The maximum absolute atomic E-state index is 8.93. The van der Waals surface area contributed by atoms with Crippen molar-refractivity contribution in [3.63, 3.8) is 0 Å². The Hall–Kier alpha value is -0.930. The average molecular weight is 235 g/mol. The molecule has 0 unspecified atom stereocenters. The molecular formula is C13H17NOS. The standard InChI is InChI=1S/C13H17NOS/c1-2-7-14-10-11-5-3-4-6-12(11)13(14)16-9-8-15/h3-6,10,15H,2,7-9H2,1H3. The minimum atomic E-state index is 0.232. The number of hydrogen-bond donors (Lipinski definition) is 1. The van der Waals surface area contributed by atoms with Crippen LogP contribution in [0.3, 0.4) is 0 Å². The van der Waals surface area contributed by atoms with Crippen molar-refractivity contribution < 1.29 is 5.11 Å². The van der Waals surface area contributed by atoms with Crippen LogP contribution in [0.2, 0.25) is 0 Å². The van der Waals surface area contributed by atoms with E-state index in [4.69, 9.17) is 5.11 Å². The Balaban J connectivity index is 2.42. The summed E-state index contributed by atoms with van der Waals surface area (Å²) in [6, 6.07) is 8.44. The molecule has 1 N–H and O–H groups in total. The van der Waals surface area contributed by atoms with E-state index < -0.39 is 0 Å². The van der Waals surface area contributed by atoms with Gasteiger partial charge in [0.05, 0.1) is 11.6 Å². The summed E-state index contributed by atoms with van der Waals surface area (Å²) in [5, 5.41) is 12.8. The van der Waals surface area contributed by atoms with Crippen LogP contribution in [-0.2, 0) is 6.54 Å². The molecule has 0 aliphatic heterocycles. The number of thioether (sulfide) groups is 1. The van der Waals surface area contributed by atoms with E-state index in [9.17, 15) is 0 Å². The van der Waals surface area contributed by atoms with E-state index in [1.165, 1.54) is 15.8 Å². The predicted octanol–water partition coefficient (Wildman–Crippen LogP) is 3.14. The lowest BCUT2D eigenvalue weighted by molar-refractivity contribution is 0.322. The summed E-state index contributed by atoms with van der Waals surface area (Å²) in [6.45, 7) is 3.46. The first-order valence-electron chi connectivity index (χ1n) is 5.68. The number of aliphatic hydroxyl groups is 1. The Morgan fingerprint density at radius 2 is 2.12 bits per heavy atom. The first-order chi connectivity index (χ1) is 7.86. The summed E-state index contributed by atoms with van der Waals surface area (Å²) in [5.41, 5.74) is 0. The van der Waals surface area contributed by atoms with Crippen LogP contribution in [0.4, 0.5) is 0 Å². The fourth-order valence-corrected chi connectivity index (χ4v) is 2.83. The van der Waals surface area contributed by atoms with Crippen molar-refractivity contribution >= 4 is 22.5 Å². The Morgan fingerprint density at radius 3 is 2.88 bits per heavy atom. The molecule has 0 amide bonds. The molecule has 2 rings (SSSR count). The number of hydrogen-bond acceptors (Lipinski definition) is 2. The van der Waals surface area contributed by atoms with Crippen molar-refractivity contribution in [2.24, 2.45) is 0 Å². The minimum Gasteiger partial charge on any atom is -0.396 e. The van der Waals surface area contributed by atoms with Crippen molar-refractivity contribution in [3.8, 4) is 0 Å². The lowest BCUT2D eigenvalue weighted by Crippen LogP contribution is -1.97. The van der Waals surface area contributed by atoms with Crippen molar-refractivity contribution in [1.29, 1.82) is 0 Å². The number of aromatic nitrogens is 1. The fourth-order valence-electron chi connectivity index (χ4n) is 1.90. The van der Waals surface area contributed by atoms with E-state index in [1.54, 1.807) is 11.8 Å². The molecule has 0 radical (unpaired) electrons. The van der Waals surface area contributed by atoms with Crippen molar-refractivity contribution in [2.45, 2.75) is 24.9 Å². The summed E-state index contributed by atoms with van der Waals surface area (Å²) in [7, 11) is 0. The molecule has 86 valence electrons. The molecule has 16 heavy (non-hydrogen) atoms. The van der Waals surface area contributed by atoms with Gasteiger partial charge in [-0.3, -0.25) is 0 Å². The van der Waals surface area contributed by atoms with E-state index in [2.05, 4.69) is 42.0 Å². The lowest BCUT2D eigenvalue weighted by atomic mass is 10.2. The maximum atomic E-state index is 8.93. The molecule has 1 aromatic carbocycles. The van der Waals surface area contributed by atoms with Crippen LogP contribution < -0.4 is 0 Å². The molecule has 0 fully saturated rings. The molecular weight excluding hydrogens is 218 g/mol. The van der Waals surface area contributed by atoms with Gasteiger partial charge in [-0.05, 0) is 6.42 Å². The molecule has 0 spiro atoms. The van der Waals surface area contributed by atoms with Gasteiger partial charge in [-0.2, -0.15) is 0 Å². The maximum Gasteiger partial charge on any atom is 0.0828 e. The Kier molecular flexibility index (Phi) is 3.91. The second-order valence-electron chi connectivity index (χ2n) is 3.79. The molecule has 3 heteroatoms. The van der Waals surface area contributed by atoms with Crippen LogP contribution >= 0.6 is 11.8 Å². The highest BCUT2D eigenvalue weighted by molar-refractivity contribution is 7.99. The average Bonchev–Trinajstić information content (AvgIpc) is 2.65. The molecule has 0 aliphatic rings. The molecule has 0 aliphatic carbocycles. The van der Waals surface area contributed by atoms with Gasteiger partial charge in [-0.25, -0.2) is 0 Å². The van der Waals surface area contributed by atoms with Crippen LogP contribution in [0.1, 0.15) is 13.3 Å². The third-order valence-corrected chi connectivity index (χ3v) is 3.66. The van der Waals surface area contributed by atoms with E-state index in [1.807, 2.05) is 0 Å². The molecule has 0 atom stereocenters. The van der Waals surface area contributed by atoms with Crippen LogP contribution in [0.5, 0.6) is 0 Å². The van der Waals surface area contributed by atoms with Crippen molar-refractivity contribution in [3.05, 3.63) is 30.5 Å². The van der Waals surface area contributed by atoms with E-state index in [0.717, 1.165) is 18.7 Å². The highest BCUT2D eigenvalue weighted by Crippen LogP contribution is 2.29. The minimum absolute atomic E-state index is 0.232. The van der Waals surface area contributed by atoms with Gasteiger partial charge in [0.25, 0.3) is 0 Å². The van der Waals surface area contributed by atoms with Gasteiger partial charge < -0.3 is 9.67 Å². The summed E-state index contributed by atoms with van der Waals surface area (Å²) >= 11 is 1.74. The highest BCUT2D eigenvalue weighted by atomic mass is 32.2. The lowest BCUT2D eigenvalue weighted by Gasteiger charge is -2.06. The van der Waals surface area contributed by atoms with E-state index in [-0.39, 0.29) is 6.61 Å². The van der Waals surface area contributed by atoms with Crippen LogP contribution in [0.25, 0.3) is 10.8 Å². The van der Waals surface area contributed by atoms with Gasteiger partial charge in [0.2, 0.25) is 0 Å². The Morgan fingerprint density at radius 1 is 1.31 bits per heavy atom. The zero-order valence-electron chi connectivity index (χ0n) is 9.52. The third kappa shape index (κ3) is 2.25. The van der Waals surface area contributed by atoms with Gasteiger partial charge in [0.1, 0.15) is 0 Å². The number of rotatable bonds is 5. The van der Waals surface area contributed by atoms with Crippen LogP contribution in [0, 0.1) is 0 Å². The highest BCUT2D eigenvalue weighted by Gasteiger charge is 2.08. The number of aryl methyl sites for hydroxylation is 1. The molecule has 0 bridgehead atoms. The smallest absolute Gasteiger partial charge is 0.0828 e. The second kappa shape index (κ2) is 5.41. The molecule has 1 aromatic heterocycles. The zero-order valence-corrected chi connectivity index (χ0v) is 10.3. The quantitative estimate of drug-likeness (QED) is 0.805. The van der Waals surface area contributed by atoms with Gasteiger partial charge in [0, 0.05) is 29.3 Å². The normalized spacial score (nSPS) is 11.1. The largest absolute Gasteiger partial charge is 0.396 e. The Labute approximate surface area is 100 Å². The number of nitrogens with zero attached hydrogens (tertiary/aromatic N) is 1. The summed E-state index contributed by atoms with van der Waals surface area (Å²) in [4.78, 5) is 0. The summed E-state index contributed by atoms with van der Waals surface area (Å²) in [6.07, 6.45) is 3.34. The van der Waals surface area contributed by atoms with E-state index in [0.29, 0.717) is 0 Å². The first kappa shape index (κ1) is 11.6. The summed E-state index contributed by atoms with van der Waals surface area (Å²) in [5.74, 6) is 0.762. The molecule has 2 nitrogen and oxygen atoms in total. The van der Waals surface area contributed by atoms with E-state index >= 15 is 0 Å². The fraction of sp³-hybridized carbons (Fsp3) is 0.385. The number of aliphatic hydroxyl groups excluding tert-OH is 1. The molecule has 0 saturated heterocycles. The summed E-state index contributed by atoms with van der Waals surface area (Å²) < 4.78 is 2.30. The van der Waals surface area contributed by atoms with Gasteiger partial charge in [-0.1, -0.05) is 31.2 Å². The molecule has 2 aromatic rings. The van der Waals surface area contributed by atoms with Crippen molar-refractivity contribution in [1.82, 2.24) is 4.57 Å². The SMILES string of the molecule is CCCn1cc2ccccc2c1SCCO. The monoisotopic (exact) mass is 235 g/mol. The number of benzene rings is 1. The van der Waals surface area contributed by atoms with Crippen molar-refractivity contribution in [2.75, 3.05) is 12.4 Å². The Bertz CT molecular complexity index is 464. The zero-order chi connectivity index (χ0) is 11.4. The molecule has 1 heterocycles. The second-order valence-corrected chi connectivity index (χ2v) is 4.87. The number of fused-ring (bicyclic) bond motifs is 1. The van der Waals surface area contributed by atoms with Crippen LogP contribution in [-0.4, -0.2) is 22.0 Å². The first-order valence-corrected chi connectivity index (χ1v) is 6.67. The third-order valence-electron chi connectivity index (χ3n) is 2.54.